The van der Waals surface area contributed by atoms with Gasteiger partial charge in [0.15, 0.2) is 0 Å². The molecule has 1 aromatic rings. The molecule has 192 valence electrons. The van der Waals surface area contributed by atoms with E-state index in [0.29, 0.717) is 12.8 Å². The third-order valence-electron chi connectivity index (χ3n) is 5.36. The topological polar surface area (TPSA) is 240 Å². The van der Waals surface area contributed by atoms with Crippen LogP contribution in [0.5, 0.6) is 5.75 Å². The van der Waals surface area contributed by atoms with Gasteiger partial charge in [-0.1, -0.05) is 25.0 Å². The van der Waals surface area contributed by atoms with Crippen LogP contribution >= 0.6 is 7.82 Å². The van der Waals surface area contributed by atoms with Crippen molar-refractivity contribution in [2.75, 3.05) is 0 Å². The standard InChI is InChI=1S/C20H28N5O9P/c1-11(26)23-16(12-4-6-13(7-5-12)34-35(31,32)33)18(29)25-20(8-2-3-9-20)19(30)24-14(17(22)28)10-15(21)27/h4-7,14,16H,2-3,8-10H2,1H3,(H2,21,27)(H2,22,28)(H,23,26)(H,24,30)(H,25,29)(H2,31,32,33)/t14-,16-/m0/s1. The van der Waals surface area contributed by atoms with Crippen molar-refractivity contribution in [1.82, 2.24) is 16.0 Å². The van der Waals surface area contributed by atoms with E-state index in [2.05, 4.69) is 20.5 Å². The van der Waals surface area contributed by atoms with Gasteiger partial charge in [-0.25, -0.2) is 4.57 Å². The van der Waals surface area contributed by atoms with E-state index in [1.54, 1.807) is 0 Å². The average Bonchev–Trinajstić information content (AvgIpc) is 3.20. The zero-order valence-corrected chi connectivity index (χ0v) is 19.7. The second-order valence-corrected chi connectivity index (χ2v) is 9.33. The largest absolute Gasteiger partial charge is 0.524 e. The van der Waals surface area contributed by atoms with Crippen molar-refractivity contribution in [2.24, 2.45) is 11.5 Å². The first-order chi connectivity index (χ1) is 16.2. The summed E-state index contributed by atoms with van der Waals surface area (Å²) in [5, 5.41) is 7.50. The Morgan fingerprint density at radius 2 is 1.63 bits per heavy atom. The molecule has 0 saturated heterocycles. The maximum atomic E-state index is 13.2. The maximum absolute atomic E-state index is 13.2. The van der Waals surface area contributed by atoms with Gasteiger partial charge < -0.3 is 31.9 Å². The molecule has 1 fully saturated rings. The van der Waals surface area contributed by atoms with Gasteiger partial charge in [-0.2, -0.15) is 0 Å². The van der Waals surface area contributed by atoms with Crippen LogP contribution in [-0.2, 0) is 28.5 Å². The zero-order chi connectivity index (χ0) is 26.4. The van der Waals surface area contributed by atoms with Crippen LogP contribution in [0, 0.1) is 0 Å². The van der Waals surface area contributed by atoms with E-state index in [1.807, 2.05) is 0 Å². The number of phosphoric ester groups is 1. The van der Waals surface area contributed by atoms with E-state index in [1.165, 1.54) is 31.2 Å². The second kappa shape index (κ2) is 11.3. The van der Waals surface area contributed by atoms with Crippen molar-refractivity contribution in [3.05, 3.63) is 29.8 Å². The summed E-state index contributed by atoms with van der Waals surface area (Å²) >= 11 is 0. The summed E-state index contributed by atoms with van der Waals surface area (Å²) in [6, 6.07) is 2.43. The molecule has 9 N–H and O–H groups in total. The molecule has 2 atom stereocenters. The van der Waals surface area contributed by atoms with Gasteiger partial charge in [0, 0.05) is 6.92 Å². The second-order valence-electron chi connectivity index (χ2n) is 8.16. The minimum absolute atomic E-state index is 0.164. The molecule has 15 heteroatoms. The van der Waals surface area contributed by atoms with Gasteiger partial charge in [-0.3, -0.25) is 33.8 Å². The monoisotopic (exact) mass is 513 g/mol. The third-order valence-corrected chi connectivity index (χ3v) is 5.80. The van der Waals surface area contributed by atoms with Crippen LogP contribution in [-0.4, -0.2) is 50.9 Å². The molecule has 0 aromatic heterocycles. The molecule has 35 heavy (non-hydrogen) atoms. The minimum Gasteiger partial charge on any atom is -0.404 e. The Bertz CT molecular complexity index is 1030. The Kier molecular flexibility index (Phi) is 8.96. The number of primary amides is 2. The Morgan fingerprint density at radius 1 is 1.06 bits per heavy atom. The lowest BCUT2D eigenvalue weighted by Gasteiger charge is -2.32. The van der Waals surface area contributed by atoms with E-state index >= 15 is 0 Å². The summed E-state index contributed by atoms with van der Waals surface area (Å²) in [6.07, 6.45) is 1.12. The number of carbonyl (C=O) groups excluding carboxylic acids is 5. The number of phosphoric acid groups is 1. The van der Waals surface area contributed by atoms with Crippen LogP contribution in [0.15, 0.2) is 24.3 Å². The van der Waals surface area contributed by atoms with Gasteiger partial charge in [0.1, 0.15) is 23.4 Å². The number of hydrogen-bond acceptors (Lipinski definition) is 7. The summed E-state index contributed by atoms with van der Waals surface area (Å²) in [7, 11) is -4.79. The highest BCUT2D eigenvalue weighted by molar-refractivity contribution is 7.46. The highest BCUT2D eigenvalue weighted by Crippen LogP contribution is 2.38. The van der Waals surface area contributed by atoms with E-state index in [4.69, 9.17) is 21.3 Å². The predicted octanol–water partition coefficient (Wildman–Crippen LogP) is -1.39. The normalized spacial score (nSPS) is 16.4. The smallest absolute Gasteiger partial charge is 0.404 e. The summed E-state index contributed by atoms with van der Waals surface area (Å²) in [5.41, 5.74) is 9.17. The molecular formula is C20H28N5O9P. The van der Waals surface area contributed by atoms with Crippen LogP contribution in [0.25, 0.3) is 0 Å². The molecule has 0 unspecified atom stereocenters. The number of benzene rings is 1. The Morgan fingerprint density at radius 3 is 2.09 bits per heavy atom. The van der Waals surface area contributed by atoms with Crippen LogP contribution < -0.4 is 31.9 Å². The van der Waals surface area contributed by atoms with Crippen molar-refractivity contribution < 1.29 is 42.8 Å². The molecular weight excluding hydrogens is 485 g/mol. The predicted molar refractivity (Wildman–Crippen MR) is 120 cm³/mol. The molecule has 14 nitrogen and oxygen atoms in total. The van der Waals surface area contributed by atoms with Crippen molar-refractivity contribution in [3.63, 3.8) is 0 Å². The average molecular weight is 513 g/mol. The Balaban J connectivity index is 2.27. The SMILES string of the molecule is CC(=O)N[C@H](C(=O)NC1(C(=O)N[C@@H](CC(N)=O)C(N)=O)CCCC1)c1ccc(OP(=O)(O)O)cc1. The summed E-state index contributed by atoms with van der Waals surface area (Å²) in [4.78, 5) is 78.8. The van der Waals surface area contributed by atoms with Gasteiger partial charge in [-0.15, -0.1) is 0 Å². The molecule has 0 bridgehead atoms. The van der Waals surface area contributed by atoms with E-state index in [-0.39, 0.29) is 24.2 Å². The third kappa shape index (κ3) is 8.05. The van der Waals surface area contributed by atoms with Gasteiger partial charge in [0.2, 0.25) is 29.5 Å². The molecule has 0 spiro atoms. The number of nitrogens with one attached hydrogen (secondary N) is 3. The number of carbonyl (C=O) groups is 5. The van der Waals surface area contributed by atoms with Crippen molar-refractivity contribution in [3.8, 4) is 5.75 Å². The van der Waals surface area contributed by atoms with Crippen molar-refractivity contribution >= 4 is 37.4 Å². The van der Waals surface area contributed by atoms with Crippen LogP contribution in [0.3, 0.4) is 0 Å². The van der Waals surface area contributed by atoms with Crippen LogP contribution in [0.1, 0.15) is 50.6 Å². The first kappa shape index (κ1) is 27.8. The molecule has 0 aliphatic heterocycles. The summed E-state index contributed by atoms with van der Waals surface area (Å²) < 4.78 is 15.5. The van der Waals surface area contributed by atoms with E-state index in [9.17, 15) is 28.5 Å². The lowest BCUT2D eigenvalue weighted by Crippen LogP contribution is -2.62. The zero-order valence-electron chi connectivity index (χ0n) is 18.9. The molecule has 0 heterocycles. The fraction of sp³-hybridized carbons (Fsp3) is 0.450. The lowest BCUT2D eigenvalue weighted by molar-refractivity contribution is -0.137. The summed E-state index contributed by atoms with van der Waals surface area (Å²) in [6.45, 7) is 1.19. The van der Waals surface area contributed by atoms with Gasteiger partial charge in [-0.05, 0) is 30.5 Å². The van der Waals surface area contributed by atoms with E-state index < -0.39 is 61.4 Å². The highest BCUT2D eigenvalue weighted by Gasteiger charge is 2.45. The van der Waals surface area contributed by atoms with Crippen LogP contribution in [0.4, 0.5) is 0 Å². The molecule has 2 rings (SSSR count). The van der Waals surface area contributed by atoms with Crippen LogP contribution in [0.2, 0.25) is 0 Å². The number of rotatable bonds is 11. The molecule has 0 radical (unpaired) electrons. The Hall–Kier alpha value is -3.48. The number of hydrogen-bond donors (Lipinski definition) is 7. The summed E-state index contributed by atoms with van der Waals surface area (Å²) in [5.74, 6) is -4.00. The maximum Gasteiger partial charge on any atom is 0.524 e. The van der Waals surface area contributed by atoms with E-state index in [0.717, 1.165) is 0 Å². The number of amides is 5. The molecule has 5 amide bonds. The highest BCUT2D eigenvalue weighted by atomic mass is 31.2. The van der Waals surface area contributed by atoms with Gasteiger partial charge >= 0.3 is 7.82 Å². The van der Waals surface area contributed by atoms with Crippen molar-refractivity contribution in [2.45, 2.75) is 56.7 Å². The molecule has 1 saturated carbocycles. The first-order valence-corrected chi connectivity index (χ1v) is 12.1. The minimum atomic E-state index is -4.79. The molecule has 1 aliphatic rings. The molecule has 1 aliphatic carbocycles. The Labute approximate surface area is 200 Å². The van der Waals surface area contributed by atoms with Crippen molar-refractivity contribution in [1.29, 1.82) is 0 Å². The quantitative estimate of drug-likeness (QED) is 0.172. The lowest BCUT2D eigenvalue weighted by atomic mass is 9.94. The fourth-order valence-electron chi connectivity index (χ4n) is 3.78. The molecule has 1 aromatic carbocycles. The fourth-order valence-corrected chi connectivity index (χ4v) is 4.17. The van der Waals surface area contributed by atoms with Gasteiger partial charge in [0.25, 0.3) is 0 Å². The number of nitrogens with two attached hydrogens (primary N) is 2. The first-order valence-electron chi connectivity index (χ1n) is 10.6. The van der Waals surface area contributed by atoms with Gasteiger partial charge in [0.05, 0.1) is 6.42 Å².